The summed E-state index contributed by atoms with van der Waals surface area (Å²) < 4.78 is 30.6. The van der Waals surface area contributed by atoms with E-state index in [1.807, 2.05) is 33.3 Å². The Hall–Kier alpha value is -4.11. The lowest BCUT2D eigenvalue weighted by Gasteiger charge is -2.27. The number of ether oxygens (including phenoxy) is 1. The van der Waals surface area contributed by atoms with Crippen LogP contribution in [0.5, 0.6) is 0 Å². The number of hydrogen-bond acceptors (Lipinski definition) is 6. The summed E-state index contributed by atoms with van der Waals surface area (Å²) in [6.07, 6.45) is 82.8. The first-order valence-electron chi connectivity index (χ1n) is 31.2. The zero-order valence-corrected chi connectivity index (χ0v) is 51.9. The second-order valence-electron chi connectivity index (χ2n) is 21.5. The number of phosphoric acid groups is 1. The predicted molar refractivity (Wildman–Crippen MR) is 341 cm³/mol. The summed E-state index contributed by atoms with van der Waals surface area (Å²) in [7, 11) is 1.43. The zero-order valence-electron chi connectivity index (χ0n) is 51.1. The minimum absolute atomic E-state index is 0.0202. The van der Waals surface area contributed by atoms with Crippen LogP contribution in [-0.4, -0.2) is 74.3 Å². The van der Waals surface area contributed by atoms with E-state index in [9.17, 15) is 19.0 Å². The van der Waals surface area contributed by atoms with Gasteiger partial charge in [0.25, 0.3) is 0 Å². The number of esters is 1. The number of likely N-dealkylation sites (N-methyl/N-ethyl adjacent to an activating group) is 1. The maximum absolute atomic E-state index is 13.5. The van der Waals surface area contributed by atoms with Gasteiger partial charge in [-0.1, -0.05) is 231 Å². The topological polar surface area (TPSA) is 111 Å². The van der Waals surface area contributed by atoms with Crippen molar-refractivity contribution in [2.75, 3.05) is 40.9 Å². The largest absolute Gasteiger partial charge is 0.472 e. The summed E-state index contributed by atoms with van der Waals surface area (Å²) >= 11 is 0. The maximum atomic E-state index is 13.5. The molecule has 0 bridgehead atoms. The van der Waals surface area contributed by atoms with E-state index in [1.54, 1.807) is 0 Å². The predicted octanol–water partition coefficient (Wildman–Crippen LogP) is 19.4. The number of quaternary nitrogens is 1. The Morgan fingerprint density at radius 2 is 0.810 bits per heavy atom. The molecule has 0 radical (unpaired) electrons. The van der Waals surface area contributed by atoms with Crippen molar-refractivity contribution < 1.29 is 37.3 Å². The molecule has 0 saturated carbocycles. The van der Waals surface area contributed by atoms with E-state index in [0.717, 1.165) is 135 Å². The molecule has 0 spiro atoms. The second kappa shape index (κ2) is 57.1. The number of carbonyl (C=O) groups is 2. The zero-order chi connectivity index (χ0) is 57.9. The van der Waals surface area contributed by atoms with Gasteiger partial charge >= 0.3 is 13.8 Å². The van der Waals surface area contributed by atoms with Crippen molar-refractivity contribution in [2.45, 2.75) is 238 Å². The first-order valence-corrected chi connectivity index (χ1v) is 32.7. The van der Waals surface area contributed by atoms with E-state index in [2.05, 4.69) is 160 Å². The lowest BCUT2D eigenvalue weighted by atomic mass is 10.1. The van der Waals surface area contributed by atoms with Crippen LogP contribution < -0.4 is 5.32 Å². The fourth-order valence-electron chi connectivity index (χ4n) is 8.03. The van der Waals surface area contributed by atoms with Gasteiger partial charge in [0.1, 0.15) is 19.3 Å². The number of nitrogens with one attached hydrogen (secondary N) is 1. The van der Waals surface area contributed by atoms with Gasteiger partial charge in [0.2, 0.25) is 5.91 Å². The lowest BCUT2D eigenvalue weighted by Crippen LogP contribution is -2.47. The fraction of sp³-hybridized carbons (Fsp3) is 0.623. The van der Waals surface area contributed by atoms with Gasteiger partial charge in [-0.2, -0.15) is 0 Å². The third-order valence-corrected chi connectivity index (χ3v) is 13.8. The summed E-state index contributed by atoms with van der Waals surface area (Å²) in [5.41, 5.74) is 0. The first kappa shape index (κ1) is 74.9. The fourth-order valence-corrected chi connectivity index (χ4v) is 8.76. The van der Waals surface area contributed by atoms with Crippen LogP contribution in [0.2, 0.25) is 0 Å². The van der Waals surface area contributed by atoms with E-state index < -0.39 is 20.0 Å². The Morgan fingerprint density at radius 3 is 1.23 bits per heavy atom. The van der Waals surface area contributed by atoms with Gasteiger partial charge in [-0.05, 0) is 128 Å². The van der Waals surface area contributed by atoms with Gasteiger partial charge in [-0.3, -0.25) is 18.6 Å². The van der Waals surface area contributed by atoms with E-state index >= 15 is 0 Å². The molecule has 0 saturated heterocycles. The number of unbranched alkanes of at least 4 members (excludes halogenated alkanes) is 16. The Balaban J connectivity index is 5.33. The third-order valence-electron chi connectivity index (χ3n) is 12.8. The molecule has 10 heteroatoms. The van der Waals surface area contributed by atoms with Crippen LogP contribution in [0, 0.1) is 0 Å². The Labute approximate surface area is 485 Å². The Morgan fingerprint density at radius 1 is 0.456 bits per heavy atom. The van der Waals surface area contributed by atoms with Gasteiger partial charge < -0.3 is 19.4 Å². The monoisotopic (exact) mass is 1120 g/mol. The summed E-state index contributed by atoms with van der Waals surface area (Å²) in [4.78, 5) is 37.7. The van der Waals surface area contributed by atoms with Crippen LogP contribution in [0.3, 0.4) is 0 Å². The van der Waals surface area contributed by atoms with Gasteiger partial charge in [-0.15, -0.1) is 0 Å². The van der Waals surface area contributed by atoms with Crippen molar-refractivity contribution in [2.24, 2.45) is 0 Å². The lowest BCUT2D eigenvalue weighted by molar-refractivity contribution is -0.870. The quantitative estimate of drug-likeness (QED) is 0.0205. The molecule has 0 aliphatic heterocycles. The molecular formula is C69H116N2O7P+. The molecule has 0 aromatic rings. The first-order chi connectivity index (χ1) is 38.4. The van der Waals surface area contributed by atoms with Gasteiger partial charge in [0.15, 0.2) is 0 Å². The highest BCUT2D eigenvalue weighted by Gasteiger charge is 2.30. The van der Waals surface area contributed by atoms with Crippen molar-refractivity contribution in [1.29, 1.82) is 0 Å². The van der Waals surface area contributed by atoms with Gasteiger partial charge in [0, 0.05) is 12.8 Å². The highest BCUT2D eigenvalue weighted by molar-refractivity contribution is 7.47. The summed E-state index contributed by atoms with van der Waals surface area (Å²) in [6.45, 7) is 6.71. The molecule has 0 rings (SSSR count). The number of hydrogen-bond donors (Lipinski definition) is 2. The minimum atomic E-state index is -4.48. The Kier molecular flexibility index (Phi) is 54.2. The van der Waals surface area contributed by atoms with Crippen LogP contribution in [-0.2, 0) is 27.9 Å². The molecule has 79 heavy (non-hydrogen) atoms. The summed E-state index contributed by atoms with van der Waals surface area (Å²) in [6, 6.07) is -0.888. The highest BCUT2D eigenvalue weighted by atomic mass is 31.2. The van der Waals surface area contributed by atoms with Crippen molar-refractivity contribution in [3.8, 4) is 0 Å². The number of carbonyl (C=O) groups excluding carboxylic acids is 2. The molecule has 0 aromatic carbocycles. The van der Waals surface area contributed by atoms with Crippen LogP contribution in [0.15, 0.2) is 146 Å². The van der Waals surface area contributed by atoms with Crippen molar-refractivity contribution in [3.63, 3.8) is 0 Å². The number of amides is 1. The van der Waals surface area contributed by atoms with Gasteiger partial charge in [-0.25, -0.2) is 4.57 Å². The standard InChI is InChI=1S/C69H115N2O7P/c1-7-10-13-16-19-22-25-27-29-31-33-34-35-36-38-40-42-44-47-50-53-56-59-62-69(73)78-67(60-57-54-51-48-45-24-21-18-15-12-9-3)66(65-77-79(74,75)76-64-63-71(4,5)6)70-68(72)61-58-55-52-49-46-43-41-39-37-32-30-28-26-23-20-17-14-11-8-2/h10-11,13-14,19-20,22-23,27-30,33-34,36-39,42-44,46,57,60,66-67H,7-9,12,15-18,21,24-26,31-32,35,40-41,45,47-56,58-59,61-65H2,1-6H3,(H-,70,72,74,75)/p+1/b13-10-,14-11-,22-19-,23-20-,29-27-,30-28-,34-33-,38-36-,39-37-,44-42-,46-43-,60-57+. The molecule has 0 aromatic heterocycles. The van der Waals surface area contributed by atoms with Crippen LogP contribution >= 0.6 is 7.82 Å². The molecule has 0 heterocycles. The molecule has 3 unspecified atom stereocenters. The van der Waals surface area contributed by atoms with Crippen LogP contribution in [0.25, 0.3) is 0 Å². The van der Waals surface area contributed by atoms with E-state index in [-0.39, 0.29) is 37.9 Å². The van der Waals surface area contributed by atoms with Crippen molar-refractivity contribution >= 4 is 19.7 Å². The number of allylic oxidation sites excluding steroid dienone is 23. The SMILES string of the molecule is CC/C=C\C/C=C\C/C=C\C/C=C\C/C=C\C/C=C\CCCCCCC(=O)OC(/C=C/CCCCCCCCCCC)C(COP(=O)(O)OCC[N+](C)(C)C)NC(=O)CCCCC/C=C\C/C=C\C/C=C\C/C=C\C/C=C\CC. The third kappa shape index (κ3) is 58.4. The number of rotatable bonds is 54. The Bertz CT molecular complexity index is 1860. The summed E-state index contributed by atoms with van der Waals surface area (Å²) in [5, 5.41) is 3.02. The minimum Gasteiger partial charge on any atom is -0.456 e. The number of phosphoric ester groups is 1. The maximum Gasteiger partial charge on any atom is 0.472 e. The molecule has 1 amide bonds. The van der Waals surface area contributed by atoms with E-state index in [1.165, 1.54) is 44.9 Å². The van der Waals surface area contributed by atoms with Crippen LogP contribution in [0.1, 0.15) is 226 Å². The average molecular weight is 1120 g/mol. The van der Waals surface area contributed by atoms with Crippen molar-refractivity contribution in [1.82, 2.24) is 5.32 Å². The molecule has 0 aliphatic carbocycles. The molecule has 9 nitrogen and oxygen atoms in total. The van der Waals surface area contributed by atoms with Crippen LogP contribution in [0.4, 0.5) is 0 Å². The van der Waals surface area contributed by atoms with Gasteiger partial charge in [0.05, 0.1) is 33.8 Å². The van der Waals surface area contributed by atoms with Crippen molar-refractivity contribution in [3.05, 3.63) is 146 Å². The molecule has 2 N–H and O–H groups in total. The second-order valence-corrected chi connectivity index (χ2v) is 22.9. The summed E-state index contributed by atoms with van der Waals surface area (Å²) in [5.74, 6) is -0.585. The smallest absolute Gasteiger partial charge is 0.456 e. The number of nitrogens with zero attached hydrogens (tertiary/aromatic N) is 1. The normalized spacial score (nSPS) is 14.7. The molecular weight excluding hydrogens is 1000 g/mol. The highest BCUT2D eigenvalue weighted by Crippen LogP contribution is 2.43. The molecule has 0 aliphatic rings. The van der Waals surface area contributed by atoms with E-state index in [4.69, 9.17) is 13.8 Å². The molecule has 448 valence electrons. The average Bonchev–Trinajstić information content (AvgIpc) is 3.41. The van der Waals surface area contributed by atoms with E-state index in [0.29, 0.717) is 23.9 Å². The molecule has 3 atom stereocenters. The molecule has 0 fully saturated rings.